The highest BCUT2D eigenvalue weighted by molar-refractivity contribution is 5.95. The number of hydrogen-bond donors (Lipinski definition) is 3. The molecule has 0 aliphatic rings. The molecule has 0 saturated heterocycles. The van der Waals surface area contributed by atoms with Crippen molar-refractivity contribution in [2.45, 2.75) is 27.7 Å². The Morgan fingerprint density at radius 3 is 2.00 bits per heavy atom. The van der Waals surface area contributed by atoms with Crippen LogP contribution in [0.1, 0.15) is 38.1 Å². The van der Waals surface area contributed by atoms with E-state index in [1.807, 2.05) is 20.8 Å². The minimum atomic E-state index is -0.441. The summed E-state index contributed by atoms with van der Waals surface area (Å²) in [4.78, 5) is 34.5. The molecule has 6 heteroatoms. The smallest absolute Gasteiger partial charge is 0.251 e. The number of carbonyl (C=O) groups excluding carboxylic acids is 3. The Kier molecular flexibility index (Phi) is 6.10. The Bertz CT molecular complexity index is 545. The van der Waals surface area contributed by atoms with E-state index in [0.29, 0.717) is 24.3 Å². The van der Waals surface area contributed by atoms with Gasteiger partial charge >= 0.3 is 0 Å². The molecule has 3 N–H and O–H groups in total. The van der Waals surface area contributed by atoms with Crippen LogP contribution in [0.25, 0.3) is 0 Å². The molecule has 0 spiro atoms. The van der Waals surface area contributed by atoms with E-state index in [4.69, 9.17) is 0 Å². The highest BCUT2D eigenvalue weighted by Gasteiger charge is 2.20. The Morgan fingerprint density at radius 1 is 0.955 bits per heavy atom. The molecule has 0 aromatic heterocycles. The van der Waals surface area contributed by atoms with E-state index in [0.717, 1.165) is 0 Å². The van der Waals surface area contributed by atoms with Crippen molar-refractivity contribution in [1.82, 2.24) is 10.6 Å². The third-order valence-corrected chi connectivity index (χ3v) is 2.84. The molecule has 0 fully saturated rings. The van der Waals surface area contributed by atoms with Gasteiger partial charge in [0.1, 0.15) is 0 Å². The van der Waals surface area contributed by atoms with Gasteiger partial charge in [-0.25, -0.2) is 0 Å². The highest BCUT2D eigenvalue weighted by atomic mass is 16.2. The third kappa shape index (κ3) is 5.95. The summed E-state index contributed by atoms with van der Waals surface area (Å²) in [5.41, 5.74) is 0.696. The van der Waals surface area contributed by atoms with Crippen LogP contribution in [-0.4, -0.2) is 30.8 Å². The topological polar surface area (TPSA) is 87.3 Å². The van der Waals surface area contributed by atoms with Gasteiger partial charge in [-0.05, 0) is 24.3 Å². The van der Waals surface area contributed by atoms with Gasteiger partial charge in [-0.3, -0.25) is 14.4 Å². The van der Waals surface area contributed by atoms with Crippen LogP contribution in [0.4, 0.5) is 5.69 Å². The standard InChI is InChI=1S/C16H23N3O3/c1-11(20)19-13-7-5-12(6-8-13)14(21)17-9-10-18-15(22)16(2,3)4/h5-8H,9-10H2,1-4H3,(H,17,21)(H,18,22)(H,19,20). The second-order valence-electron chi connectivity index (χ2n) is 6.02. The number of benzene rings is 1. The second-order valence-corrected chi connectivity index (χ2v) is 6.02. The lowest BCUT2D eigenvalue weighted by molar-refractivity contribution is -0.128. The minimum absolute atomic E-state index is 0.0543. The van der Waals surface area contributed by atoms with Gasteiger partial charge in [-0.15, -0.1) is 0 Å². The average molecular weight is 305 g/mol. The summed E-state index contributed by atoms with van der Waals surface area (Å²) >= 11 is 0. The first-order valence-electron chi connectivity index (χ1n) is 7.14. The molecule has 0 unspecified atom stereocenters. The van der Waals surface area contributed by atoms with Crippen LogP contribution in [-0.2, 0) is 9.59 Å². The molecule has 0 heterocycles. The lowest BCUT2D eigenvalue weighted by atomic mass is 9.96. The van der Waals surface area contributed by atoms with Crippen molar-refractivity contribution < 1.29 is 14.4 Å². The summed E-state index contributed by atoms with van der Waals surface area (Å²) in [7, 11) is 0. The van der Waals surface area contributed by atoms with Gasteiger partial charge in [-0.1, -0.05) is 20.8 Å². The van der Waals surface area contributed by atoms with Crippen molar-refractivity contribution in [1.29, 1.82) is 0 Å². The van der Waals surface area contributed by atoms with Crippen molar-refractivity contribution in [2.24, 2.45) is 5.41 Å². The Hall–Kier alpha value is -2.37. The Balaban J connectivity index is 2.40. The summed E-state index contributed by atoms with van der Waals surface area (Å²) in [6, 6.07) is 6.60. The molecule has 0 radical (unpaired) electrons. The van der Waals surface area contributed by atoms with E-state index < -0.39 is 5.41 Å². The summed E-state index contributed by atoms with van der Waals surface area (Å²) in [5.74, 6) is -0.437. The molecule has 0 aliphatic heterocycles. The fraction of sp³-hybridized carbons (Fsp3) is 0.438. The molecule has 120 valence electrons. The van der Waals surface area contributed by atoms with Gasteiger partial charge in [0.25, 0.3) is 5.91 Å². The first-order valence-corrected chi connectivity index (χ1v) is 7.14. The highest BCUT2D eigenvalue weighted by Crippen LogP contribution is 2.12. The number of hydrogen-bond acceptors (Lipinski definition) is 3. The molecule has 1 aromatic carbocycles. The fourth-order valence-corrected chi connectivity index (χ4v) is 1.63. The van der Waals surface area contributed by atoms with Gasteiger partial charge in [0.15, 0.2) is 0 Å². The predicted molar refractivity (Wildman–Crippen MR) is 85.5 cm³/mol. The van der Waals surface area contributed by atoms with E-state index in [-0.39, 0.29) is 17.7 Å². The number of amides is 3. The molecule has 0 saturated carbocycles. The van der Waals surface area contributed by atoms with Crippen LogP contribution in [0.3, 0.4) is 0 Å². The maximum absolute atomic E-state index is 11.9. The molecule has 0 bridgehead atoms. The number of anilines is 1. The quantitative estimate of drug-likeness (QED) is 0.721. The molecular formula is C16H23N3O3. The van der Waals surface area contributed by atoms with Crippen molar-refractivity contribution in [3.05, 3.63) is 29.8 Å². The van der Waals surface area contributed by atoms with Gasteiger partial charge < -0.3 is 16.0 Å². The predicted octanol–water partition coefficient (Wildman–Crippen LogP) is 1.54. The maximum atomic E-state index is 11.9. The summed E-state index contributed by atoms with van der Waals surface area (Å²) in [5, 5.41) is 8.12. The first kappa shape index (κ1) is 17.7. The summed E-state index contributed by atoms with van der Waals surface area (Å²) in [6.45, 7) is 7.65. The van der Waals surface area contributed by atoms with Crippen molar-refractivity contribution in [3.8, 4) is 0 Å². The Labute approximate surface area is 130 Å². The van der Waals surface area contributed by atoms with Gasteiger partial charge in [0.2, 0.25) is 11.8 Å². The lowest BCUT2D eigenvalue weighted by Gasteiger charge is -2.17. The third-order valence-electron chi connectivity index (χ3n) is 2.84. The molecule has 0 aliphatic carbocycles. The van der Waals surface area contributed by atoms with Crippen LogP contribution < -0.4 is 16.0 Å². The van der Waals surface area contributed by atoms with Crippen LogP contribution >= 0.6 is 0 Å². The zero-order valence-electron chi connectivity index (χ0n) is 13.4. The molecule has 0 atom stereocenters. The number of rotatable bonds is 5. The van der Waals surface area contributed by atoms with Crippen LogP contribution in [0.15, 0.2) is 24.3 Å². The maximum Gasteiger partial charge on any atom is 0.251 e. The zero-order valence-corrected chi connectivity index (χ0v) is 13.4. The minimum Gasteiger partial charge on any atom is -0.354 e. The van der Waals surface area contributed by atoms with Gasteiger partial charge in [0, 0.05) is 36.7 Å². The van der Waals surface area contributed by atoms with E-state index in [1.165, 1.54) is 6.92 Å². The number of carbonyl (C=O) groups is 3. The first-order chi connectivity index (χ1) is 10.2. The van der Waals surface area contributed by atoms with E-state index >= 15 is 0 Å². The lowest BCUT2D eigenvalue weighted by Crippen LogP contribution is -2.39. The zero-order chi connectivity index (χ0) is 16.8. The molecular weight excluding hydrogens is 282 g/mol. The molecule has 22 heavy (non-hydrogen) atoms. The molecule has 6 nitrogen and oxygen atoms in total. The molecule has 3 amide bonds. The normalized spacial score (nSPS) is 10.7. The van der Waals surface area contributed by atoms with E-state index in [9.17, 15) is 14.4 Å². The summed E-state index contributed by atoms with van der Waals surface area (Å²) in [6.07, 6.45) is 0. The van der Waals surface area contributed by atoms with E-state index in [2.05, 4.69) is 16.0 Å². The van der Waals surface area contributed by atoms with Crippen LogP contribution in [0, 0.1) is 5.41 Å². The number of nitrogens with one attached hydrogen (secondary N) is 3. The SMILES string of the molecule is CC(=O)Nc1ccc(C(=O)NCCNC(=O)C(C)(C)C)cc1. The van der Waals surface area contributed by atoms with Crippen molar-refractivity contribution in [2.75, 3.05) is 18.4 Å². The van der Waals surface area contributed by atoms with Gasteiger partial charge in [-0.2, -0.15) is 0 Å². The van der Waals surface area contributed by atoms with Crippen molar-refractivity contribution >= 4 is 23.4 Å². The largest absolute Gasteiger partial charge is 0.354 e. The van der Waals surface area contributed by atoms with Gasteiger partial charge in [0.05, 0.1) is 0 Å². The summed E-state index contributed by atoms with van der Waals surface area (Å²) < 4.78 is 0. The van der Waals surface area contributed by atoms with Crippen LogP contribution in [0.2, 0.25) is 0 Å². The second kappa shape index (κ2) is 7.59. The average Bonchev–Trinajstić information content (AvgIpc) is 2.42. The fourth-order valence-electron chi connectivity index (χ4n) is 1.63. The van der Waals surface area contributed by atoms with Crippen molar-refractivity contribution in [3.63, 3.8) is 0 Å². The van der Waals surface area contributed by atoms with Crippen LogP contribution in [0.5, 0.6) is 0 Å². The molecule has 1 rings (SSSR count). The van der Waals surface area contributed by atoms with E-state index in [1.54, 1.807) is 24.3 Å². The monoisotopic (exact) mass is 305 g/mol. The Morgan fingerprint density at radius 2 is 1.50 bits per heavy atom. The molecule has 1 aromatic rings.